The summed E-state index contributed by atoms with van der Waals surface area (Å²) in [5, 5.41) is 0. The minimum absolute atomic E-state index is 0.897. The van der Waals surface area contributed by atoms with Gasteiger partial charge in [0, 0.05) is 11.8 Å². The first kappa shape index (κ1) is 15.7. The quantitative estimate of drug-likeness (QED) is 0.532. The molecule has 0 aromatic heterocycles. The molecule has 24 heavy (non-hydrogen) atoms. The van der Waals surface area contributed by atoms with Crippen LogP contribution in [0.1, 0.15) is 16.7 Å². The first-order valence-corrected chi connectivity index (χ1v) is 7.95. The molecule has 0 atom stereocenters. The molecule has 0 amide bonds. The SMILES string of the molecule is C=CN=C(C=C(c1ccccc1)c1ccccc1)c1ccccc1. The third-order valence-corrected chi connectivity index (χ3v) is 3.75. The molecule has 0 saturated carbocycles. The zero-order valence-corrected chi connectivity index (χ0v) is 13.5. The van der Waals surface area contributed by atoms with E-state index in [1.165, 1.54) is 0 Å². The van der Waals surface area contributed by atoms with E-state index in [0.29, 0.717) is 0 Å². The maximum absolute atomic E-state index is 4.49. The van der Waals surface area contributed by atoms with Crippen molar-refractivity contribution >= 4 is 11.3 Å². The average Bonchev–Trinajstić information content (AvgIpc) is 2.67. The van der Waals surface area contributed by atoms with Crippen LogP contribution in [0.4, 0.5) is 0 Å². The lowest BCUT2D eigenvalue weighted by Gasteiger charge is -2.10. The van der Waals surface area contributed by atoms with Crippen molar-refractivity contribution in [1.29, 1.82) is 0 Å². The predicted molar refractivity (Wildman–Crippen MR) is 103 cm³/mol. The molecule has 0 unspecified atom stereocenters. The summed E-state index contributed by atoms with van der Waals surface area (Å²) in [6, 6.07) is 30.9. The Bertz CT molecular complexity index is 803. The Morgan fingerprint density at radius 2 is 1.04 bits per heavy atom. The number of benzene rings is 3. The van der Waals surface area contributed by atoms with Crippen LogP contribution in [0.15, 0.2) is 115 Å². The summed E-state index contributed by atoms with van der Waals surface area (Å²) < 4.78 is 0. The van der Waals surface area contributed by atoms with Crippen LogP contribution in [-0.4, -0.2) is 5.71 Å². The van der Waals surface area contributed by atoms with Gasteiger partial charge in [-0.3, -0.25) is 4.99 Å². The van der Waals surface area contributed by atoms with Gasteiger partial charge < -0.3 is 0 Å². The number of hydrogen-bond acceptors (Lipinski definition) is 1. The van der Waals surface area contributed by atoms with Gasteiger partial charge in [0.25, 0.3) is 0 Å². The van der Waals surface area contributed by atoms with Crippen molar-refractivity contribution in [3.05, 3.63) is 127 Å². The standard InChI is InChI=1S/C23H19N/c1-2-24-23(21-16-10-5-11-17-21)18-22(19-12-6-3-7-13-19)20-14-8-4-9-15-20/h2-18H,1H2. The molecule has 0 aliphatic rings. The summed E-state index contributed by atoms with van der Waals surface area (Å²) in [4.78, 5) is 4.49. The van der Waals surface area contributed by atoms with E-state index in [1.807, 2.05) is 30.3 Å². The van der Waals surface area contributed by atoms with Crippen molar-refractivity contribution in [3.63, 3.8) is 0 Å². The Morgan fingerprint density at radius 1 is 0.625 bits per heavy atom. The molecule has 0 heterocycles. The highest BCUT2D eigenvalue weighted by atomic mass is 14.7. The van der Waals surface area contributed by atoms with E-state index in [0.717, 1.165) is 28.0 Å². The van der Waals surface area contributed by atoms with Gasteiger partial charge >= 0.3 is 0 Å². The lowest BCUT2D eigenvalue weighted by Crippen LogP contribution is -1.99. The van der Waals surface area contributed by atoms with Gasteiger partial charge in [-0.15, -0.1) is 0 Å². The second-order valence-electron chi connectivity index (χ2n) is 5.35. The molecule has 0 bridgehead atoms. The number of rotatable bonds is 5. The predicted octanol–water partition coefficient (Wildman–Crippen LogP) is 5.75. The van der Waals surface area contributed by atoms with E-state index in [-0.39, 0.29) is 0 Å². The minimum Gasteiger partial charge on any atom is -0.257 e. The molecule has 1 nitrogen and oxygen atoms in total. The lowest BCUT2D eigenvalue weighted by atomic mass is 9.95. The van der Waals surface area contributed by atoms with Crippen molar-refractivity contribution in [1.82, 2.24) is 0 Å². The zero-order valence-electron chi connectivity index (χ0n) is 13.5. The van der Waals surface area contributed by atoms with Gasteiger partial charge in [-0.25, -0.2) is 0 Å². The Labute approximate surface area is 143 Å². The molecule has 0 radical (unpaired) electrons. The highest BCUT2D eigenvalue weighted by Gasteiger charge is 2.07. The van der Waals surface area contributed by atoms with E-state index in [1.54, 1.807) is 6.20 Å². The van der Waals surface area contributed by atoms with Crippen molar-refractivity contribution in [2.75, 3.05) is 0 Å². The van der Waals surface area contributed by atoms with E-state index >= 15 is 0 Å². The van der Waals surface area contributed by atoms with Crippen LogP contribution in [0, 0.1) is 0 Å². The van der Waals surface area contributed by atoms with Gasteiger partial charge in [0.2, 0.25) is 0 Å². The van der Waals surface area contributed by atoms with Crippen LogP contribution < -0.4 is 0 Å². The Balaban J connectivity index is 2.15. The Morgan fingerprint density at radius 3 is 1.46 bits per heavy atom. The average molecular weight is 309 g/mol. The summed E-state index contributed by atoms with van der Waals surface area (Å²) in [6.07, 6.45) is 3.72. The smallest absolute Gasteiger partial charge is 0.0708 e. The molecular weight excluding hydrogens is 290 g/mol. The van der Waals surface area contributed by atoms with Gasteiger partial charge in [0.1, 0.15) is 0 Å². The molecule has 116 valence electrons. The summed E-state index contributed by atoms with van der Waals surface area (Å²) in [6.45, 7) is 3.76. The maximum Gasteiger partial charge on any atom is 0.0708 e. The molecule has 0 N–H and O–H groups in total. The monoisotopic (exact) mass is 309 g/mol. The molecule has 0 saturated heterocycles. The van der Waals surface area contributed by atoms with Gasteiger partial charge in [-0.05, 0) is 22.8 Å². The fourth-order valence-corrected chi connectivity index (χ4v) is 2.61. The van der Waals surface area contributed by atoms with Gasteiger partial charge in [0.15, 0.2) is 0 Å². The number of allylic oxidation sites excluding steroid dienone is 1. The second kappa shape index (κ2) is 7.89. The topological polar surface area (TPSA) is 12.4 Å². The molecule has 3 rings (SSSR count). The molecule has 0 aliphatic carbocycles. The van der Waals surface area contributed by atoms with Crippen LogP contribution in [0.3, 0.4) is 0 Å². The van der Waals surface area contributed by atoms with E-state index in [9.17, 15) is 0 Å². The Hall–Kier alpha value is -3.19. The van der Waals surface area contributed by atoms with E-state index in [4.69, 9.17) is 0 Å². The number of hydrogen-bond donors (Lipinski definition) is 0. The van der Waals surface area contributed by atoms with Crippen LogP contribution in [0.5, 0.6) is 0 Å². The summed E-state index contributed by atoms with van der Waals surface area (Å²) in [5.74, 6) is 0. The maximum atomic E-state index is 4.49. The van der Waals surface area contributed by atoms with Gasteiger partial charge in [0.05, 0.1) is 5.71 Å². The van der Waals surface area contributed by atoms with Crippen LogP contribution in [0.2, 0.25) is 0 Å². The zero-order chi connectivity index (χ0) is 16.6. The largest absolute Gasteiger partial charge is 0.257 e. The first-order chi connectivity index (χ1) is 11.9. The normalized spacial score (nSPS) is 10.9. The summed E-state index contributed by atoms with van der Waals surface area (Å²) >= 11 is 0. The summed E-state index contributed by atoms with van der Waals surface area (Å²) in [7, 11) is 0. The molecule has 0 aliphatic heterocycles. The molecule has 1 heteroatoms. The van der Waals surface area contributed by atoms with E-state index in [2.05, 4.69) is 78.3 Å². The second-order valence-corrected chi connectivity index (χ2v) is 5.35. The van der Waals surface area contributed by atoms with Crippen molar-refractivity contribution < 1.29 is 0 Å². The van der Waals surface area contributed by atoms with Crippen LogP contribution in [-0.2, 0) is 0 Å². The number of aliphatic imine (C=N–C) groups is 1. The molecule has 0 fully saturated rings. The van der Waals surface area contributed by atoms with Crippen LogP contribution in [0.25, 0.3) is 5.57 Å². The van der Waals surface area contributed by atoms with Gasteiger partial charge in [-0.1, -0.05) is 97.6 Å². The van der Waals surface area contributed by atoms with Crippen molar-refractivity contribution in [2.24, 2.45) is 4.99 Å². The minimum atomic E-state index is 0.897. The highest BCUT2D eigenvalue weighted by Crippen LogP contribution is 2.24. The fraction of sp³-hybridized carbons (Fsp3) is 0. The van der Waals surface area contributed by atoms with Crippen molar-refractivity contribution in [2.45, 2.75) is 0 Å². The lowest BCUT2D eigenvalue weighted by molar-refractivity contribution is 1.52. The fourth-order valence-electron chi connectivity index (χ4n) is 2.61. The molecule has 3 aromatic rings. The number of nitrogens with zero attached hydrogens (tertiary/aromatic N) is 1. The van der Waals surface area contributed by atoms with Gasteiger partial charge in [-0.2, -0.15) is 0 Å². The van der Waals surface area contributed by atoms with Crippen molar-refractivity contribution in [3.8, 4) is 0 Å². The molecule has 0 spiro atoms. The third-order valence-electron chi connectivity index (χ3n) is 3.75. The third kappa shape index (κ3) is 3.76. The molecule has 3 aromatic carbocycles. The first-order valence-electron chi connectivity index (χ1n) is 7.95. The highest BCUT2D eigenvalue weighted by molar-refractivity contribution is 6.13. The molecular formula is C23H19N. The summed E-state index contributed by atoms with van der Waals surface area (Å²) in [5.41, 5.74) is 5.43. The Kier molecular flexibility index (Phi) is 5.16. The van der Waals surface area contributed by atoms with Crippen LogP contribution >= 0.6 is 0 Å². The van der Waals surface area contributed by atoms with E-state index < -0.39 is 0 Å².